The van der Waals surface area contributed by atoms with Crippen LogP contribution < -0.4 is 0 Å². The number of halogens is 2. The molecule has 4 rings (SSSR count). The van der Waals surface area contributed by atoms with Crippen LogP contribution >= 0.6 is 0 Å². The standard InChI is InChI=1S/C26H36F2/c1-2-3-4-18-5-8-22-16-25(26(28)17-24(22)14-18)23-10-9-20-13-19(11-12-27)6-7-21(20)15-23/h11-12,16-21,23H,2-10,13-15H2,1H3/b12-11+. The van der Waals surface area contributed by atoms with Gasteiger partial charge in [-0.05, 0) is 110 Å². The maximum atomic E-state index is 15.1. The first-order valence-corrected chi connectivity index (χ1v) is 11.8. The quantitative estimate of drug-likeness (QED) is 0.482. The van der Waals surface area contributed by atoms with Gasteiger partial charge in [-0.25, -0.2) is 8.78 Å². The topological polar surface area (TPSA) is 0 Å². The Morgan fingerprint density at radius 2 is 1.82 bits per heavy atom. The lowest BCUT2D eigenvalue weighted by Gasteiger charge is -2.42. The molecule has 0 aromatic heterocycles. The number of hydrogen-bond acceptors (Lipinski definition) is 0. The summed E-state index contributed by atoms with van der Waals surface area (Å²) in [7, 11) is 0. The summed E-state index contributed by atoms with van der Waals surface area (Å²) >= 11 is 0. The molecule has 0 nitrogen and oxygen atoms in total. The summed E-state index contributed by atoms with van der Waals surface area (Å²) in [4.78, 5) is 0. The van der Waals surface area contributed by atoms with Crippen molar-refractivity contribution in [2.75, 3.05) is 0 Å². The monoisotopic (exact) mass is 386 g/mol. The molecule has 0 radical (unpaired) electrons. The highest BCUT2D eigenvalue weighted by molar-refractivity contribution is 5.37. The van der Waals surface area contributed by atoms with Crippen molar-refractivity contribution < 1.29 is 8.78 Å². The van der Waals surface area contributed by atoms with E-state index >= 15 is 4.39 Å². The molecule has 3 aliphatic rings. The van der Waals surface area contributed by atoms with Gasteiger partial charge in [0.05, 0.1) is 6.33 Å². The number of allylic oxidation sites excluding steroid dienone is 1. The van der Waals surface area contributed by atoms with E-state index < -0.39 is 0 Å². The van der Waals surface area contributed by atoms with Crippen LogP contribution in [0.5, 0.6) is 0 Å². The van der Waals surface area contributed by atoms with Crippen molar-refractivity contribution in [3.63, 3.8) is 0 Å². The highest BCUT2D eigenvalue weighted by Gasteiger charge is 2.36. The van der Waals surface area contributed by atoms with Crippen molar-refractivity contribution in [3.05, 3.63) is 47.0 Å². The van der Waals surface area contributed by atoms with Gasteiger partial charge < -0.3 is 0 Å². The van der Waals surface area contributed by atoms with Gasteiger partial charge in [0.25, 0.3) is 0 Å². The number of rotatable bonds is 5. The van der Waals surface area contributed by atoms with Gasteiger partial charge in [0.15, 0.2) is 0 Å². The van der Waals surface area contributed by atoms with Gasteiger partial charge in [-0.2, -0.15) is 0 Å². The van der Waals surface area contributed by atoms with Crippen LogP contribution in [0.2, 0.25) is 0 Å². The highest BCUT2D eigenvalue weighted by Crippen LogP contribution is 2.48. The summed E-state index contributed by atoms with van der Waals surface area (Å²) in [5, 5.41) is 0. The first kappa shape index (κ1) is 20.1. The van der Waals surface area contributed by atoms with Gasteiger partial charge in [0, 0.05) is 0 Å². The van der Waals surface area contributed by atoms with E-state index in [4.69, 9.17) is 0 Å². The Hall–Kier alpha value is -1.18. The van der Waals surface area contributed by atoms with Crippen LogP contribution in [0.15, 0.2) is 24.5 Å². The lowest BCUT2D eigenvalue weighted by molar-refractivity contribution is 0.132. The molecule has 2 fully saturated rings. The Balaban J connectivity index is 1.43. The Bertz CT molecular complexity index is 692. The Kier molecular flexibility index (Phi) is 6.53. The maximum Gasteiger partial charge on any atom is 0.126 e. The smallest absolute Gasteiger partial charge is 0.126 e. The molecular formula is C26H36F2. The summed E-state index contributed by atoms with van der Waals surface area (Å²) in [6, 6.07) is 4.13. The van der Waals surface area contributed by atoms with E-state index in [0.717, 1.165) is 56.3 Å². The Morgan fingerprint density at radius 1 is 1.00 bits per heavy atom. The first-order valence-electron chi connectivity index (χ1n) is 11.8. The van der Waals surface area contributed by atoms with Crippen LogP contribution in [0, 0.1) is 29.5 Å². The third-order valence-electron chi connectivity index (χ3n) is 8.05. The van der Waals surface area contributed by atoms with Crippen molar-refractivity contribution in [2.24, 2.45) is 23.7 Å². The second kappa shape index (κ2) is 9.09. The predicted molar refractivity (Wildman–Crippen MR) is 113 cm³/mol. The Labute approximate surface area is 169 Å². The molecule has 0 amide bonds. The summed E-state index contributed by atoms with van der Waals surface area (Å²) in [6.45, 7) is 2.25. The molecule has 0 N–H and O–H groups in total. The molecule has 3 aliphatic carbocycles. The summed E-state index contributed by atoms with van der Waals surface area (Å²) < 4.78 is 27.6. The fourth-order valence-corrected chi connectivity index (χ4v) is 6.41. The van der Waals surface area contributed by atoms with Crippen molar-refractivity contribution in [1.29, 1.82) is 0 Å². The SMILES string of the molecule is CCCCC1CCc2cc(C3CCC4CC(/C=C/F)CCC4C3)c(F)cc2C1. The predicted octanol–water partition coefficient (Wildman–Crippen LogP) is 7.90. The second-order valence-electron chi connectivity index (χ2n) is 9.82. The molecule has 28 heavy (non-hydrogen) atoms. The van der Waals surface area contributed by atoms with Gasteiger partial charge in [0.1, 0.15) is 5.82 Å². The molecule has 0 aliphatic heterocycles. The number of aryl methyl sites for hydroxylation is 1. The third kappa shape index (κ3) is 4.36. The molecule has 2 saturated carbocycles. The zero-order valence-corrected chi connectivity index (χ0v) is 17.4. The van der Waals surface area contributed by atoms with Gasteiger partial charge in [0.2, 0.25) is 0 Å². The van der Waals surface area contributed by atoms with Gasteiger partial charge in [-0.1, -0.05) is 38.3 Å². The molecule has 0 bridgehead atoms. The number of hydrogen-bond donors (Lipinski definition) is 0. The van der Waals surface area contributed by atoms with E-state index in [-0.39, 0.29) is 5.82 Å². The second-order valence-corrected chi connectivity index (χ2v) is 9.82. The minimum atomic E-state index is 0.0485. The van der Waals surface area contributed by atoms with Crippen LogP contribution in [0.3, 0.4) is 0 Å². The minimum Gasteiger partial charge on any atom is -0.216 e. The van der Waals surface area contributed by atoms with Crippen LogP contribution in [-0.4, -0.2) is 0 Å². The molecule has 0 heterocycles. The lowest BCUT2D eigenvalue weighted by atomic mass is 9.63. The maximum absolute atomic E-state index is 15.1. The fourth-order valence-electron chi connectivity index (χ4n) is 6.41. The van der Waals surface area contributed by atoms with Gasteiger partial charge in [-0.3, -0.25) is 0 Å². The van der Waals surface area contributed by atoms with Crippen LogP contribution in [0.25, 0.3) is 0 Å². The molecule has 1 aromatic carbocycles. The zero-order valence-electron chi connectivity index (χ0n) is 17.4. The van der Waals surface area contributed by atoms with E-state index in [1.54, 1.807) is 6.08 Å². The van der Waals surface area contributed by atoms with Gasteiger partial charge in [-0.15, -0.1) is 0 Å². The largest absolute Gasteiger partial charge is 0.216 e. The molecule has 2 heteroatoms. The average Bonchev–Trinajstić information content (AvgIpc) is 2.71. The van der Waals surface area contributed by atoms with Crippen molar-refractivity contribution >= 4 is 0 Å². The van der Waals surface area contributed by atoms with Crippen LogP contribution in [0.1, 0.15) is 93.7 Å². The molecule has 1 aromatic rings. The number of benzene rings is 1. The van der Waals surface area contributed by atoms with Crippen molar-refractivity contribution in [1.82, 2.24) is 0 Å². The van der Waals surface area contributed by atoms with Crippen molar-refractivity contribution in [2.45, 2.75) is 89.9 Å². The molecule has 0 spiro atoms. The molecular weight excluding hydrogens is 350 g/mol. The molecule has 5 atom stereocenters. The normalized spacial score (nSPS) is 32.9. The van der Waals surface area contributed by atoms with E-state index in [0.29, 0.717) is 23.7 Å². The zero-order chi connectivity index (χ0) is 19.5. The minimum absolute atomic E-state index is 0.0485. The molecule has 0 saturated heterocycles. The van der Waals surface area contributed by atoms with E-state index in [1.807, 2.05) is 6.07 Å². The Morgan fingerprint density at radius 3 is 2.64 bits per heavy atom. The number of fused-ring (bicyclic) bond motifs is 2. The molecule has 5 unspecified atom stereocenters. The third-order valence-corrected chi connectivity index (χ3v) is 8.05. The van der Waals surface area contributed by atoms with E-state index in [9.17, 15) is 4.39 Å². The van der Waals surface area contributed by atoms with E-state index in [2.05, 4.69) is 13.0 Å². The van der Waals surface area contributed by atoms with Gasteiger partial charge >= 0.3 is 0 Å². The summed E-state index contributed by atoms with van der Waals surface area (Å²) in [5.74, 6) is 3.03. The molecule has 154 valence electrons. The van der Waals surface area contributed by atoms with Crippen LogP contribution in [-0.2, 0) is 12.8 Å². The van der Waals surface area contributed by atoms with E-state index in [1.165, 1.54) is 49.7 Å². The summed E-state index contributed by atoms with van der Waals surface area (Å²) in [5.41, 5.74) is 3.69. The highest BCUT2D eigenvalue weighted by atomic mass is 19.1. The average molecular weight is 387 g/mol. The first-order chi connectivity index (χ1) is 13.7. The number of unbranched alkanes of at least 4 members (excludes halogenated alkanes) is 1. The fraction of sp³-hybridized carbons (Fsp3) is 0.692. The lowest BCUT2D eigenvalue weighted by Crippen LogP contribution is -2.30. The van der Waals surface area contributed by atoms with Crippen LogP contribution in [0.4, 0.5) is 8.78 Å². The summed E-state index contributed by atoms with van der Waals surface area (Å²) in [6.07, 6.45) is 16.6. The van der Waals surface area contributed by atoms with Crippen molar-refractivity contribution in [3.8, 4) is 0 Å².